The van der Waals surface area contributed by atoms with Crippen molar-refractivity contribution in [3.05, 3.63) is 0 Å². The summed E-state index contributed by atoms with van der Waals surface area (Å²) in [7, 11) is 0. The highest BCUT2D eigenvalue weighted by Gasteiger charge is 2.53. The lowest BCUT2D eigenvalue weighted by atomic mass is 10.0. The molecule has 0 aromatic carbocycles. The molecular formula is C15H30IN3. The molecule has 0 aromatic heterocycles. The van der Waals surface area contributed by atoms with E-state index in [1.54, 1.807) is 0 Å². The molecule has 4 heteroatoms. The predicted octanol–water partition coefficient (Wildman–Crippen LogP) is 3.39. The third-order valence-corrected chi connectivity index (χ3v) is 4.60. The fourth-order valence-electron chi connectivity index (χ4n) is 2.49. The number of hydrogen-bond donors (Lipinski definition) is 2. The second kappa shape index (κ2) is 7.14. The van der Waals surface area contributed by atoms with E-state index in [2.05, 4.69) is 38.3 Å². The Morgan fingerprint density at radius 1 is 1.26 bits per heavy atom. The summed E-state index contributed by atoms with van der Waals surface area (Å²) in [6.45, 7) is 10.8. The maximum atomic E-state index is 4.83. The average Bonchev–Trinajstić information content (AvgIpc) is 3.16. The minimum Gasteiger partial charge on any atom is -0.357 e. The minimum atomic E-state index is 0. The van der Waals surface area contributed by atoms with E-state index in [1.807, 2.05) is 0 Å². The van der Waals surface area contributed by atoms with E-state index >= 15 is 0 Å². The molecule has 0 aromatic rings. The van der Waals surface area contributed by atoms with Crippen LogP contribution in [0.5, 0.6) is 0 Å². The highest BCUT2D eigenvalue weighted by Crippen LogP contribution is 2.61. The van der Waals surface area contributed by atoms with Crippen LogP contribution >= 0.6 is 24.0 Å². The molecule has 1 unspecified atom stereocenters. The van der Waals surface area contributed by atoms with Crippen molar-refractivity contribution in [1.29, 1.82) is 0 Å². The molecule has 0 amide bonds. The van der Waals surface area contributed by atoms with Gasteiger partial charge >= 0.3 is 0 Å². The summed E-state index contributed by atoms with van der Waals surface area (Å²) in [4.78, 5) is 4.83. The van der Waals surface area contributed by atoms with E-state index in [0.29, 0.717) is 17.4 Å². The molecule has 2 aliphatic carbocycles. The van der Waals surface area contributed by atoms with Crippen molar-refractivity contribution in [2.24, 2.45) is 22.2 Å². The van der Waals surface area contributed by atoms with Gasteiger partial charge in [0, 0.05) is 19.1 Å². The molecule has 2 N–H and O–H groups in total. The molecule has 0 bridgehead atoms. The smallest absolute Gasteiger partial charge is 0.191 e. The Hall–Kier alpha value is 0. The molecule has 2 rings (SSSR count). The second-order valence-corrected chi connectivity index (χ2v) is 6.51. The van der Waals surface area contributed by atoms with Gasteiger partial charge in [0.25, 0.3) is 0 Å². The molecule has 1 atom stereocenters. The summed E-state index contributed by atoms with van der Waals surface area (Å²) in [6, 6.07) is 0.471. The van der Waals surface area contributed by atoms with Gasteiger partial charge in [-0.25, -0.2) is 0 Å². The van der Waals surface area contributed by atoms with E-state index in [1.165, 1.54) is 25.7 Å². The van der Waals surface area contributed by atoms with Gasteiger partial charge in [0.1, 0.15) is 0 Å². The van der Waals surface area contributed by atoms with Crippen LogP contribution in [0.15, 0.2) is 4.99 Å². The SMILES string of the molecule is CCNC(=NCC1(C2CC2)CC1)NC(C)C(C)C.I. The van der Waals surface area contributed by atoms with E-state index in [-0.39, 0.29) is 24.0 Å². The van der Waals surface area contributed by atoms with Crippen LogP contribution in [0.2, 0.25) is 0 Å². The predicted molar refractivity (Wildman–Crippen MR) is 93.2 cm³/mol. The zero-order chi connectivity index (χ0) is 13.2. The van der Waals surface area contributed by atoms with Crippen molar-refractivity contribution in [1.82, 2.24) is 10.6 Å². The third kappa shape index (κ3) is 4.80. The van der Waals surface area contributed by atoms with Crippen LogP contribution in [-0.2, 0) is 0 Å². The highest BCUT2D eigenvalue weighted by atomic mass is 127. The molecule has 0 saturated heterocycles. The molecule has 19 heavy (non-hydrogen) atoms. The van der Waals surface area contributed by atoms with E-state index in [4.69, 9.17) is 4.99 Å². The van der Waals surface area contributed by atoms with Crippen molar-refractivity contribution in [2.75, 3.05) is 13.1 Å². The molecule has 3 nitrogen and oxygen atoms in total. The summed E-state index contributed by atoms with van der Waals surface area (Å²) in [5.41, 5.74) is 0.601. The number of rotatable bonds is 6. The normalized spacial score (nSPS) is 22.7. The zero-order valence-corrected chi connectivity index (χ0v) is 15.2. The largest absolute Gasteiger partial charge is 0.357 e. The Kier molecular flexibility index (Phi) is 6.40. The molecule has 2 fully saturated rings. The number of aliphatic imine (C=N–C) groups is 1. The summed E-state index contributed by atoms with van der Waals surface area (Å²) < 4.78 is 0. The maximum absolute atomic E-state index is 4.83. The van der Waals surface area contributed by atoms with Crippen LogP contribution in [0.25, 0.3) is 0 Å². The van der Waals surface area contributed by atoms with E-state index in [9.17, 15) is 0 Å². The van der Waals surface area contributed by atoms with E-state index < -0.39 is 0 Å². The standard InChI is InChI=1S/C15H29N3.HI/c1-5-16-14(18-12(4)11(2)3)17-10-15(8-9-15)13-6-7-13;/h11-13H,5-10H2,1-4H3,(H2,16,17,18);1H. The number of hydrogen-bond acceptors (Lipinski definition) is 1. The molecule has 0 heterocycles. The topological polar surface area (TPSA) is 36.4 Å². The third-order valence-electron chi connectivity index (χ3n) is 4.60. The first kappa shape index (κ1) is 17.1. The van der Waals surface area contributed by atoms with Crippen molar-refractivity contribution in [3.63, 3.8) is 0 Å². The van der Waals surface area contributed by atoms with Gasteiger partial charge in [-0.15, -0.1) is 24.0 Å². The first-order valence-corrected chi connectivity index (χ1v) is 7.62. The van der Waals surface area contributed by atoms with Gasteiger partial charge in [0.05, 0.1) is 0 Å². The molecule has 2 aliphatic rings. The van der Waals surface area contributed by atoms with Crippen LogP contribution in [0.4, 0.5) is 0 Å². The van der Waals surface area contributed by atoms with Gasteiger partial charge in [0.15, 0.2) is 5.96 Å². The minimum absolute atomic E-state index is 0. The van der Waals surface area contributed by atoms with Crippen molar-refractivity contribution in [2.45, 2.75) is 59.4 Å². The average molecular weight is 379 g/mol. The van der Waals surface area contributed by atoms with Gasteiger partial charge in [-0.05, 0) is 56.8 Å². The van der Waals surface area contributed by atoms with Gasteiger partial charge in [-0.2, -0.15) is 0 Å². The molecular weight excluding hydrogens is 349 g/mol. The van der Waals surface area contributed by atoms with Gasteiger partial charge in [-0.1, -0.05) is 13.8 Å². The van der Waals surface area contributed by atoms with Crippen molar-refractivity contribution < 1.29 is 0 Å². The first-order valence-electron chi connectivity index (χ1n) is 7.62. The van der Waals surface area contributed by atoms with Crippen LogP contribution in [0, 0.1) is 17.3 Å². The first-order chi connectivity index (χ1) is 8.57. The Morgan fingerprint density at radius 2 is 1.89 bits per heavy atom. The lowest BCUT2D eigenvalue weighted by molar-refractivity contribution is 0.447. The number of nitrogens with zero attached hydrogens (tertiary/aromatic N) is 1. The summed E-state index contributed by atoms with van der Waals surface area (Å²) >= 11 is 0. The molecule has 112 valence electrons. The van der Waals surface area contributed by atoms with Gasteiger partial charge in [-0.3, -0.25) is 4.99 Å². The van der Waals surface area contributed by atoms with Crippen LogP contribution in [0.1, 0.15) is 53.4 Å². The van der Waals surface area contributed by atoms with E-state index in [0.717, 1.165) is 25.0 Å². The van der Waals surface area contributed by atoms with Crippen molar-refractivity contribution in [3.8, 4) is 0 Å². The molecule has 0 spiro atoms. The van der Waals surface area contributed by atoms with Gasteiger partial charge in [0.2, 0.25) is 0 Å². The molecule has 0 radical (unpaired) electrons. The Bertz CT molecular complexity index is 307. The number of halogens is 1. The summed E-state index contributed by atoms with van der Waals surface area (Å²) in [6.07, 6.45) is 5.70. The Morgan fingerprint density at radius 3 is 2.32 bits per heavy atom. The fraction of sp³-hybridized carbons (Fsp3) is 0.933. The highest BCUT2D eigenvalue weighted by molar-refractivity contribution is 14.0. The van der Waals surface area contributed by atoms with Crippen LogP contribution in [0.3, 0.4) is 0 Å². The number of guanidine groups is 1. The lowest BCUT2D eigenvalue weighted by Gasteiger charge is -2.21. The van der Waals surface area contributed by atoms with Crippen LogP contribution in [-0.4, -0.2) is 25.1 Å². The summed E-state index contributed by atoms with van der Waals surface area (Å²) in [5, 5.41) is 6.88. The van der Waals surface area contributed by atoms with Gasteiger partial charge < -0.3 is 10.6 Å². The summed E-state index contributed by atoms with van der Waals surface area (Å²) in [5.74, 6) is 2.63. The number of nitrogens with one attached hydrogen (secondary N) is 2. The van der Waals surface area contributed by atoms with Crippen LogP contribution < -0.4 is 10.6 Å². The molecule has 0 aliphatic heterocycles. The zero-order valence-electron chi connectivity index (χ0n) is 12.8. The lowest BCUT2D eigenvalue weighted by Crippen LogP contribution is -2.44. The fourth-order valence-corrected chi connectivity index (χ4v) is 2.49. The quantitative estimate of drug-likeness (QED) is 0.422. The monoisotopic (exact) mass is 379 g/mol. The molecule has 2 saturated carbocycles. The maximum Gasteiger partial charge on any atom is 0.191 e. The van der Waals surface area contributed by atoms with Crippen molar-refractivity contribution >= 4 is 29.9 Å². The Labute approximate surface area is 135 Å². The second-order valence-electron chi connectivity index (χ2n) is 6.51. The Balaban J connectivity index is 0.00000180.